The van der Waals surface area contributed by atoms with Crippen LogP contribution in [0.3, 0.4) is 0 Å². The number of benzene rings is 1. The maximum absolute atomic E-state index is 13.9. The average Bonchev–Trinajstić information content (AvgIpc) is 3.35. The van der Waals surface area contributed by atoms with E-state index in [1.807, 2.05) is 6.07 Å². The number of nitrogens with one attached hydrogen (secondary N) is 1. The summed E-state index contributed by atoms with van der Waals surface area (Å²) in [5.74, 6) is -0.603. The molecule has 2 saturated heterocycles. The quantitative estimate of drug-likeness (QED) is 0.843. The first kappa shape index (κ1) is 18.9. The number of carbonyl (C=O) groups excluding carboxylic acids is 2. The van der Waals surface area contributed by atoms with E-state index in [-0.39, 0.29) is 52.8 Å². The van der Waals surface area contributed by atoms with E-state index in [0.29, 0.717) is 19.6 Å². The van der Waals surface area contributed by atoms with E-state index in [1.54, 1.807) is 15.9 Å². The number of hydrogen-bond acceptors (Lipinski definition) is 4. The van der Waals surface area contributed by atoms with Crippen LogP contribution in [0, 0.1) is 17.7 Å². The van der Waals surface area contributed by atoms with Crippen LogP contribution < -0.4 is 0 Å². The number of nitrogens with zero attached hydrogens (tertiary/aromatic N) is 3. The van der Waals surface area contributed by atoms with Gasteiger partial charge in [-0.15, -0.1) is 0 Å². The van der Waals surface area contributed by atoms with Gasteiger partial charge in [0.1, 0.15) is 18.1 Å². The Kier molecular flexibility index (Phi) is 5.07. The van der Waals surface area contributed by atoms with Gasteiger partial charge in [-0.25, -0.2) is 4.39 Å². The molecule has 148 valence electrons. The van der Waals surface area contributed by atoms with Crippen molar-refractivity contribution >= 4 is 23.4 Å². The second kappa shape index (κ2) is 7.52. The lowest BCUT2D eigenvalue weighted by atomic mass is 9.89. The Bertz CT molecular complexity index is 905. The first-order chi connectivity index (χ1) is 13.5. The number of likely N-dealkylation sites (tertiary alicyclic amines) is 2. The Labute approximate surface area is 166 Å². The van der Waals surface area contributed by atoms with E-state index in [1.165, 1.54) is 25.4 Å². The first-order valence-electron chi connectivity index (χ1n) is 9.01. The predicted molar refractivity (Wildman–Crippen MR) is 99.2 cm³/mol. The van der Waals surface area contributed by atoms with Crippen molar-refractivity contribution in [2.24, 2.45) is 11.8 Å². The van der Waals surface area contributed by atoms with Gasteiger partial charge in [0, 0.05) is 38.6 Å². The molecule has 0 radical (unpaired) electrons. The molecule has 0 unspecified atom stereocenters. The van der Waals surface area contributed by atoms with Gasteiger partial charge in [0.25, 0.3) is 5.91 Å². The minimum Gasteiger partial charge on any atom is -0.375 e. The van der Waals surface area contributed by atoms with Crippen LogP contribution in [0.2, 0.25) is 5.02 Å². The lowest BCUT2D eigenvalue weighted by Crippen LogP contribution is -2.39. The molecule has 7 nitrogen and oxygen atoms in total. The smallest absolute Gasteiger partial charge is 0.273 e. The number of carbonyl (C=O) groups is 2. The van der Waals surface area contributed by atoms with E-state index < -0.39 is 0 Å². The number of amides is 2. The van der Waals surface area contributed by atoms with Crippen molar-refractivity contribution in [2.45, 2.75) is 6.04 Å². The summed E-state index contributed by atoms with van der Waals surface area (Å²) in [7, 11) is 1.47. The van der Waals surface area contributed by atoms with Crippen LogP contribution in [-0.2, 0) is 9.53 Å². The number of ether oxygens (including phenoxy) is 1. The Morgan fingerprint density at radius 3 is 2.86 bits per heavy atom. The summed E-state index contributed by atoms with van der Waals surface area (Å²) < 4.78 is 18.9. The second-order valence-electron chi connectivity index (χ2n) is 7.21. The normalized spacial score (nSPS) is 23.9. The monoisotopic (exact) mass is 406 g/mol. The zero-order valence-electron chi connectivity index (χ0n) is 15.3. The molecule has 2 aromatic rings. The Morgan fingerprint density at radius 2 is 2.18 bits per heavy atom. The molecule has 0 aliphatic carbocycles. The fraction of sp³-hybridized carbons (Fsp3) is 0.421. The molecule has 0 saturated carbocycles. The van der Waals surface area contributed by atoms with Crippen molar-refractivity contribution in [3.63, 3.8) is 0 Å². The third-order valence-electron chi connectivity index (χ3n) is 5.54. The molecule has 9 heteroatoms. The molecule has 2 aliphatic heterocycles. The lowest BCUT2D eigenvalue weighted by Gasteiger charge is -2.30. The number of fused-ring (bicyclic) bond motifs is 1. The highest BCUT2D eigenvalue weighted by Gasteiger charge is 2.50. The van der Waals surface area contributed by atoms with Gasteiger partial charge in [0.2, 0.25) is 5.91 Å². The molecule has 3 atom stereocenters. The molecule has 3 heterocycles. The highest BCUT2D eigenvalue weighted by atomic mass is 35.5. The fourth-order valence-electron chi connectivity index (χ4n) is 4.37. The highest BCUT2D eigenvalue weighted by Crippen LogP contribution is 2.45. The summed E-state index contributed by atoms with van der Waals surface area (Å²) in [4.78, 5) is 28.8. The third-order valence-corrected chi connectivity index (χ3v) is 5.82. The Hall–Kier alpha value is -2.45. The van der Waals surface area contributed by atoms with Gasteiger partial charge >= 0.3 is 0 Å². The molecule has 4 rings (SSSR count). The largest absolute Gasteiger partial charge is 0.375 e. The number of aromatic nitrogens is 2. The van der Waals surface area contributed by atoms with E-state index in [4.69, 9.17) is 16.3 Å². The van der Waals surface area contributed by atoms with Crippen LogP contribution in [0.1, 0.15) is 22.1 Å². The molecule has 1 N–H and O–H groups in total. The van der Waals surface area contributed by atoms with Crippen LogP contribution in [-0.4, -0.2) is 65.2 Å². The van der Waals surface area contributed by atoms with Gasteiger partial charge in [0.15, 0.2) is 0 Å². The molecule has 2 fully saturated rings. The minimum atomic E-state index is -0.352. The third kappa shape index (κ3) is 3.27. The van der Waals surface area contributed by atoms with Crippen LogP contribution in [0.25, 0.3) is 0 Å². The maximum atomic E-state index is 13.9. The van der Waals surface area contributed by atoms with Crippen molar-refractivity contribution in [3.05, 3.63) is 52.6 Å². The highest BCUT2D eigenvalue weighted by molar-refractivity contribution is 6.33. The maximum Gasteiger partial charge on any atom is 0.273 e. The number of methoxy groups -OCH3 is 1. The molecular weight excluding hydrogens is 387 g/mol. The average molecular weight is 407 g/mol. The van der Waals surface area contributed by atoms with E-state index in [0.717, 1.165) is 5.56 Å². The zero-order chi connectivity index (χ0) is 19.8. The molecule has 2 amide bonds. The van der Waals surface area contributed by atoms with Crippen LogP contribution in [0.15, 0.2) is 30.5 Å². The standard InChI is InChI=1S/C19H20ClFN4O3/c1-28-10-16(26)25-8-12-7-24(19(27)17-15(20)6-22-23-17)9-14(12)18(25)11-3-2-4-13(21)5-11/h2-6,12,14,18H,7-10H2,1H3,(H,22,23)/t12-,14-,18+/m1/s1. The van der Waals surface area contributed by atoms with Crippen molar-refractivity contribution < 1.29 is 18.7 Å². The van der Waals surface area contributed by atoms with E-state index in [2.05, 4.69) is 10.2 Å². The Balaban J connectivity index is 1.61. The molecular formula is C19H20ClFN4O3. The van der Waals surface area contributed by atoms with Gasteiger partial charge in [-0.1, -0.05) is 23.7 Å². The molecule has 28 heavy (non-hydrogen) atoms. The van der Waals surface area contributed by atoms with E-state index >= 15 is 0 Å². The number of H-pyrrole nitrogens is 1. The fourth-order valence-corrected chi connectivity index (χ4v) is 4.54. The summed E-state index contributed by atoms with van der Waals surface area (Å²) in [6.07, 6.45) is 1.40. The van der Waals surface area contributed by atoms with E-state index in [9.17, 15) is 14.0 Å². The number of halogens is 2. The van der Waals surface area contributed by atoms with Gasteiger partial charge in [-0.2, -0.15) is 5.10 Å². The van der Waals surface area contributed by atoms with Crippen LogP contribution in [0.4, 0.5) is 4.39 Å². The number of aromatic amines is 1. The summed E-state index contributed by atoms with van der Waals surface area (Å²) in [6.45, 7) is 1.42. The summed E-state index contributed by atoms with van der Waals surface area (Å²) >= 11 is 6.03. The molecule has 1 aromatic carbocycles. The first-order valence-corrected chi connectivity index (χ1v) is 9.39. The number of rotatable bonds is 4. The van der Waals surface area contributed by atoms with Crippen molar-refractivity contribution in [2.75, 3.05) is 33.4 Å². The van der Waals surface area contributed by atoms with Gasteiger partial charge < -0.3 is 14.5 Å². The minimum absolute atomic E-state index is 0.00764. The molecule has 1 aromatic heterocycles. The van der Waals surface area contributed by atoms with Crippen molar-refractivity contribution in [1.82, 2.24) is 20.0 Å². The predicted octanol–water partition coefficient (Wildman–Crippen LogP) is 2.12. The van der Waals surface area contributed by atoms with Gasteiger partial charge in [-0.3, -0.25) is 14.7 Å². The molecule has 2 aliphatic rings. The zero-order valence-corrected chi connectivity index (χ0v) is 16.0. The SMILES string of the molecule is COCC(=O)N1C[C@H]2CN(C(=O)c3[nH]ncc3Cl)C[C@H]2[C@@H]1c1cccc(F)c1. The second-order valence-corrected chi connectivity index (χ2v) is 7.61. The van der Waals surface area contributed by atoms with Crippen LogP contribution in [0.5, 0.6) is 0 Å². The summed E-state index contributed by atoms with van der Waals surface area (Å²) in [5.41, 5.74) is 0.988. The summed E-state index contributed by atoms with van der Waals surface area (Å²) in [5, 5.41) is 6.72. The number of hydrogen-bond donors (Lipinski definition) is 1. The molecule has 0 spiro atoms. The van der Waals surface area contributed by atoms with Crippen molar-refractivity contribution in [3.8, 4) is 0 Å². The van der Waals surface area contributed by atoms with Gasteiger partial charge in [-0.05, 0) is 17.7 Å². The van der Waals surface area contributed by atoms with Crippen molar-refractivity contribution in [1.29, 1.82) is 0 Å². The summed E-state index contributed by atoms with van der Waals surface area (Å²) in [6, 6.07) is 5.98. The topological polar surface area (TPSA) is 78.5 Å². The van der Waals surface area contributed by atoms with Gasteiger partial charge in [0.05, 0.1) is 17.3 Å². The lowest BCUT2D eigenvalue weighted by molar-refractivity contribution is -0.136. The molecule has 0 bridgehead atoms. The Morgan fingerprint density at radius 1 is 1.36 bits per heavy atom. The van der Waals surface area contributed by atoms with Crippen LogP contribution >= 0.6 is 11.6 Å².